The average Bonchev–Trinajstić information content (AvgIpc) is 2.26. The standard InChI is InChI=1S/C12H16Cl3NO2S/c1-10-6-2-3-7-11(10)16-19(17,18)9-5-4-8-12(13,14)15/h2-3,6-7,16H,4-5,8-9H2,1H3. The van der Waals surface area contributed by atoms with Gasteiger partial charge in [0, 0.05) is 0 Å². The molecule has 0 saturated carbocycles. The van der Waals surface area contributed by atoms with Gasteiger partial charge in [-0.3, -0.25) is 4.72 Å². The maximum Gasteiger partial charge on any atom is 0.232 e. The van der Waals surface area contributed by atoms with Gasteiger partial charge in [0.1, 0.15) is 0 Å². The molecular formula is C12H16Cl3NO2S. The Kier molecular flexibility index (Phi) is 6.24. The monoisotopic (exact) mass is 343 g/mol. The Morgan fingerprint density at radius 1 is 1.16 bits per heavy atom. The maximum absolute atomic E-state index is 11.9. The molecule has 0 aliphatic rings. The molecule has 0 aromatic heterocycles. The molecule has 0 aliphatic carbocycles. The Morgan fingerprint density at radius 2 is 1.79 bits per heavy atom. The molecule has 19 heavy (non-hydrogen) atoms. The largest absolute Gasteiger partial charge is 0.283 e. The van der Waals surface area contributed by atoms with E-state index in [4.69, 9.17) is 34.8 Å². The van der Waals surface area contributed by atoms with Crippen molar-refractivity contribution >= 4 is 50.5 Å². The van der Waals surface area contributed by atoms with Crippen LogP contribution in [0.1, 0.15) is 24.8 Å². The topological polar surface area (TPSA) is 46.2 Å². The van der Waals surface area contributed by atoms with Crippen LogP contribution >= 0.6 is 34.8 Å². The first-order valence-electron chi connectivity index (χ1n) is 5.82. The summed E-state index contributed by atoms with van der Waals surface area (Å²) in [7, 11) is -3.35. The second kappa shape index (κ2) is 7.02. The number of sulfonamides is 1. The predicted octanol–water partition coefficient (Wildman–Crippen LogP) is 4.28. The van der Waals surface area contributed by atoms with E-state index in [9.17, 15) is 8.42 Å². The highest BCUT2D eigenvalue weighted by Crippen LogP contribution is 2.31. The van der Waals surface area contributed by atoms with Crippen molar-refractivity contribution < 1.29 is 8.42 Å². The van der Waals surface area contributed by atoms with Gasteiger partial charge in [-0.2, -0.15) is 0 Å². The lowest BCUT2D eigenvalue weighted by molar-refractivity contribution is 0.595. The van der Waals surface area contributed by atoms with E-state index in [1.54, 1.807) is 12.1 Å². The summed E-state index contributed by atoms with van der Waals surface area (Å²) in [5, 5.41) is 0. The Morgan fingerprint density at radius 3 is 2.37 bits per heavy atom. The highest BCUT2D eigenvalue weighted by Gasteiger charge is 2.19. The van der Waals surface area contributed by atoms with Gasteiger partial charge in [0.25, 0.3) is 0 Å². The summed E-state index contributed by atoms with van der Waals surface area (Å²) in [5.74, 6) is 0.0160. The molecule has 0 heterocycles. The smallest absolute Gasteiger partial charge is 0.232 e. The van der Waals surface area contributed by atoms with Gasteiger partial charge in [0.2, 0.25) is 10.0 Å². The summed E-state index contributed by atoms with van der Waals surface area (Å²) in [6.07, 6.45) is 1.35. The molecule has 1 N–H and O–H groups in total. The van der Waals surface area contributed by atoms with E-state index in [2.05, 4.69) is 4.72 Å². The number of unbranched alkanes of at least 4 members (excludes halogenated alkanes) is 1. The van der Waals surface area contributed by atoms with Crippen molar-refractivity contribution in [2.75, 3.05) is 10.5 Å². The number of hydrogen-bond acceptors (Lipinski definition) is 2. The molecule has 7 heteroatoms. The molecular weight excluding hydrogens is 329 g/mol. The van der Waals surface area contributed by atoms with Gasteiger partial charge in [-0.1, -0.05) is 53.0 Å². The summed E-state index contributed by atoms with van der Waals surface area (Å²) >= 11 is 16.8. The number of aryl methyl sites for hydroxylation is 1. The number of alkyl halides is 3. The van der Waals surface area contributed by atoms with E-state index in [1.165, 1.54) is 0 Å². The predicted molar refractivity (Wildman–Crippen MR) is 82.7 cm³/mol. The molecule has 3 nitrogen and oxygen atoms in total. The summed E-state index contributed by atoms with van der Waals surface area (Å²) in [6.45, 7) is 1.85. The number of benzene rings is 1. The summed E-state index contributed by atoms with van der Waals surface area (Å²) < 4.78 is 25.0. The molecule has 0 spiro atoms. The van der Waals surface area contributed by atoms with Crippen molar-refractivity contribution in [2.45, 2.75) is 30.0 Å². The van der Waals surface area contributed by atoms with E-state index in [-0.39, 0.29) is 5.75 Å². The van der Waals surface area contributed by atoms with Crippen molar-refractivity contribution in [1.29, 1.82) is 0 Å². The molecule has 0 amide bonds. The minimum Gasteiger partial charge on any atom is -0.283 e. The zero-order chi connectivity index (χ0) is 14.5. The number of nitrogens with one attached hydrogen (secondary N) is 1. The molecule has 1 aromatic rings. The molecule has 1 aromatic carbocycles. The highest BCUT2D eigenvalue weighted by atomic mass is 35.6. The Bertz CT molecular complexity index is 512. The normalized spacial score (nSPS) is 12.4. The third-order valence-corrected chi connectivity index (χ3v) is 4.46. The van der Waals surface area contributed by atoms with Gasteiger partial charge in [0.05, 0.1) is 11.4 Å². The minimum atomic E-state index is -3.35. The number of rotatable bonds is 6. The van der Waals surface area contributed by atoms with E-state index < -0.39 is 13.8 Å². The Balaban J connectivity index is 2.47. The number of para-hydroxylation sites is 1. The summed E-state index contributed by atoms with van der Waals surface area (Å²) in [6, 6.07) is 7.22. The van der Waals surface area contributed by atoms with Gasteiger partial charge in [0.15, 0.2) is 3.79 Å². The van der Waals surface area contributed by atoms with Crippen LogP contribution < -0.4 is 4.72 Å². The van der Waals surface area contributed by atoms with Crippen molar-refractivity contribution in [1.82, 2.24) is 0 Å². The molecule has 108 valence electrons. The van der Waals surface area contributed by atoms with Crippen LogP contribution in [0.15, 0.2) is 24.3 Å². The minimum absolute atomic E-state index is 0.0160. The van der Waals surface area contributed by atoms with Gasteiger partial charge in [-0.15, -0.1) is 0 Å². The number of anilines is 1. The molecule has 0 fully saturated rings. The van der Waals surface area contributed by atoms with Crippen LogP contribution in [0.4, 0.5) is 5.69 Å². The van der Waals surface area contributed by atoms with Crippen LogP contribution in [0, 0.1) is 6.92 Å². The van der Waals surface area contributed by atoms with Crippen LogP contribution in [0.5, 0.6) is 0 Å². The highest BCUT2D eigenvalue weighted by molar-refractivity contribution is 7.92. The zero-order valence-corrected chi connectivity index (χ0v) is 13.6. The van der Waals surface area contributed by atoms with Crippen LogP contribution in [0.25, 0.3) is 0 Å². The van der Waals surface area contributed by atoms with Gasteiger partial charge in [-0.25, -0.2) is 8.42 Å². The van der Waals surface area contributed by atoms with E-state index in [0.29, 0.717) is 24.9 Å². The lowest BCUT2D eigenvalue weighted by Crippen LogP contribution is -2.17. The third-order valence-electron chi connectivity index (χ3n) is 2.53. The second-order valence-electron chi connectivity index (χ2n) is 4.31. The molecule has 0 bridgehead atoms. The fourth-order valence-corrected chi connectivity index (χ4v) is 3.17. The van der Waals surface area contributed by atoms with Crippen molar-refractivity contribution in [2.24, 2.45) is 0 Å². The SMILES string of the molecule is Cc1ccccc1NS(=O)(=O)CCCCC(Cl)(Cl)Cl. The third kappa shape index (κ3) is 7.25. The second-order valence-corrected chi connectivity index (χ2v) is 8.67. The summed E-state index contributed by atoms with van der Waals surface area (Å²) in [5.41, 5.74) is 1.48. The molecule has 0 saturated heterocycles. The first kappa shape index (κ1) is 16.9. The van der Waals surface area contributed by atoms with E-state index in [0.717, 1.165) is 5.56 Å². The van der Waals surface area contributed by atoms with Crippen LogP contribution in [0.2, 0.25) is 0 Å². The number of hydrogen-bond donors (Lipinski definition) is 1. The maximum atomic E-state index is 11.9. The van der Waals surface area contributed by atoms with Crippen LogP contribution in [0.3, 0.4) is 0 Å². The number of halogens is 3. The first-order valence-corrected chi connectivity index (χ1v) is 8.61. The summed E-state index contributed by atoms with van der Waals surface area (Å²) in [4.78, 5) is 0. The molecule has 1 rings (SSSR count). The van der Waals surface area contributed by atoms with Crippen molar-refractivity contribution in [3.63, 3.8) is 0 Å². The van der Waals surface area contributed by atoms with E-state index >= 15 is 0 Å². The zero-order valence-electron chi connectivity index (χ0n) is 10.5. The van der Waals surface area contributed by atoms with Gasteiger partial charge in [-0.05, 0) is 37.8 Å². The molecule has 0 atom stereocenters. The fourth-order valence-electron chi connectivity index (χ4n) is 1.52. The fraction of sp³-hybridized carbons (Fsp3) is 0.500. The molecule has 0 radical (unpaired) electrons. The van der Waals surface area contributed by atoms with Crippen LogP contribution in [-0.2, 0) is 10.0 Å². The lowest BCUT2D eigenvalue weighted by atomic mass is 10.2. The lowest BCUT2D eigenvalue weighted by Gasteiger charge is -2.12. The van der Waals surface area contributed by atoms with Crippen molar-refractivity contribution in [3.05, 3.63) is 29.8 Å². The quantitative estimate of drug-likeness (QED) is 0.618. The molecule has 0 aliphatic heterocycles. The van der Waals surface area contributed by atoms with Crippen molar-refractivity contribution in [3.8, 4) is 0 Å². The molecule has 0 unspecified atom stereocenters. The first-order chi connectivity index (χ1) is 8.70. The van der Waals surface area contributed by atoms with E-state index in [1.807, 2.05) is 19.1 Å². The average molecular weight is 345 g/mol. The Hall–Kier alpha value is -0.160. The van der Waals surface area contributed by atoms with Gasteiger partial charge >= 0.3 is 0 Å². The van der Waals surface area contributed by atoms with Crippen LogP contribution in [-0.4, -0.2) is 18.0 Å². The Labute approximate surface area is 129 Å². The van der Waals surface area contributed by atoms with Gasteiger partial charge < -0.3 is 0 Å².